The Hall–Kier alpha value is -1.66. The summed E-state index contributed by atoms with van der Waals surface area (Å²) in [5, 5.41) is 3.25. The van der Waals surface area contributed by atoms with Crippen molar-refractivity contribution in [2.75, 3.05) is 32.8 Å². The fraction of sp³-hybridized carbons (Fsp3) is 0.571. The molecular formula is C14H19N3O3. The van der Waals surface area contributed by atoms with Gasteiger partial charge in [0.15, 0.2) is 0 Å². The van der Waals surface area contributed by atoms with E-state index >= 15 is 0 Å². The number of pyridine rings is 1. The molecule has 2 aliphatic heterocycles. The molecule has 108 valence electrons. The first-order valence-corrected chi connectivity index (χ1v) is 6.99. The molecule has 0 aromatic carbocycles. The zero-order valence-electron chi connectivity index (χ0n) is 11.3. The second-order valence-corrected chi connectivity index (χ2v) is 5.06. The molecule has 0 spiro atoms. The van der Waals surface area contributed by atoms with Crippen LogP contribution in [0.25, 0.3) is 0 Å². The number of carbonyl (C=O) groups excluding carboxylic acids is 1. The lowest BCUT2D eigenvalue weighted by molar-refractivity contribution is -0.137. The van der Waals surface area contributed by atoms with Gasteiger partial charge in [-0.15, -0.1) is 0 Å². The van der Waals surface area contributed by atoms with Crippen LogP contribution in [0.2, 0.25) is 0 Å². The maximum Gasteiger partial charge on any atom is 0.240 e. The number of ether oxygens (including phenoxy) is 2. The summed E-state index contributed by atoms with van der Waals surface area (Å²) in [6.45, 7) is 3.33. The summed E-state index contributed by atoms with van der Waals surface area (Å²) in [6.07, 6.45) is 4.13. The maximum atomic E-state index is 12.3. The summed E-state index contributed by atoms with van der Waals surface area (Å²) in [7, 11) is 0. The Morgan fingerprint density at radius 3 is 3.05 bits per heavy atom. The van der Waals surface area contributed by atoms with Crippen LogP contribution in [0.1, 0.15) is 6.42 Å². The average Bonchev–Trinajstić information content (AvgIpc) is 2.97. The minimum Gasteiger partial charge on any atom is -0.487 e. The number of carbonyl (C=O) groups is 1. The van der Waals surface area contributed by atoms with Gasteiger partial charge < -0.3 is 19.7 Å². The summed E-state index contributed by atoms with van der Waals surface area (Å²) in [5.74, 6) is 0.907. The Bertz CT molecular complexity index is 448. The molecule has 3 heterocycles. The van der Waals surface area contributed by atoms with Gasteiger partial charge in [-0.25, -0.2) is 0 Å². The lowest BCUT2D eigenvalue weighted by Gasteiger charge is -2.29. The summed E-state index contributed by atoms with van der Waals surface area (Å²) in [4.78, 5) is 18.2. The molecule has 0 bridgehead atoms. The average molecular weight is 277 g/mol. The van der Waals surface area contributed by atoms with Crippen LogP contribution in [0.3, 0.4) is 0 Å². The lowest BCUT2D eigenvalue weighted by Crippen LogP contribution is -2.48. The zero-order chi connectivity index (χ0) is 13.8. The van der Waals surface area contributed by atoms with Crippen molar-refractivity contribution in [1.82, 2.24) is 15.2 Å². The van der Waals surface area contributed by atoms with Gasteiger partial charge in [-0.2, -0.15) is 0 Å². The van der Waals surface area contributed by atoms with E-state index in [1.807, 2.05) is 17.0 Å². The molecule has 20 heavy (non-hydrogen) atoms. The number of hydrogen-bond acceptors (Lipinski definition) is 5. The Kier molecular flexibility index (Phi) is 4.13. The zero-order valence-corrected chi connectivity index (χ0v) is 11.3. The van der Waals surface area contributed by atoms with Crippen molar-refractivity contribution in [3.63, 3.8) is 0 Å². The Morgan fingerprint density at radius 1 is 1.45 bits per heavy atom. The van der Waals surface area contributed by atoms with Crippen LogP contribution in [-0.2, 0) is 9.53 Å². The molecule has 0 aliphatic carbocycles. The fourth-order valence-corrected chi connectivity index (χ4v) is 2.59. The Labute approximate surface area is 118 Å². The van der Waals surface area contributed by atoms with E-state index in [-0.39, 0.29) is 18.1 Å². The quantitative estimate of drug-likeness (QED) is 0.846. The van der Waals surface area contributed by atoms with Crippen LogP contribution in [0.15, 0.2) is 24.5 Å². The summed E-state index contributed by atoms with van der Waals surface area (Å²) >= 11 is 0. The molecule has 3 rings (SSSR count). The summed E-state index contributed by atoms with van der Waals surface area (Å²) in [6, 6.07) is 3.58. The molecule has 1 N–H and O–H groups in total. The molecule has 2 aliphatic rings. The minimum absolute atomic E-state index is 0.0224. The number of nitrogens with zero attached hydrogens (tertiary/aromatic N) is 2. The molecule has 0 saturated carbocycles. The highest BCUT2D eigenvalue weighted by Crippen LogP contribution is 2.17. The van der Waals surface area contributed by atoms with Gasteiger partial charge in [-0.3, -0.25) is 9.78 Å². The second-order valence-electron chi connectivity index (χ2n) is 5.06. The van der Waals surface area contributed by atoms with E-state index in [2.05, 4.69) is 10.3 Å². The monoisotopic (exact) mass is 277 g/mol. The van der Waals surface area contributed by atoms with Gasteiger partial charge in [0.25, 0.3) is 0 Å². The van der Waals surface area contributed by atoms with E-state index in [9.17, 15) is 4.79 Å². The van der Waals surface area contributed by atoms with Gasteiger partial charge in [-0.1, -0.05) is 0 Å². The molecule has 0 radical (unpaired) electrons. The normalized spacial score (nSPS) is 26.5. The molecular weight excluding hydrogens is 258 g/mol. The summed E-state index contributed by atoms with van der Waals surface area (Å²) < 4.78 is 11.1. The molecule has 1 aromatic heterocycles. The van der Waals surface area contributed by atoms with Gasteiger partial charge in [0.1, 0.15) is 11.9 Å². The number of nitrogens with one attached hydrogen (secondary N) is 1. The predicted molar refractivity (Wildman–Crippen MR) is 72.5 cm³/mol. The lowest BCUT2D eigenvalue weighted by atomic mass is 10.1. The largest absolute Gasteiger partial charge is 0.487 e. The van der Waals surface area contributed by atoms with Crippen molar-refractivity contribution in [2.45, 2.75) is 18.6 Å². The van der Waals surface area contributed by atoms with Gasteiger partial charge in [-0.05, 0) is 12.1 Å². The minimum atomic E-state index is -0.144. The number of rotatable bonds is 3. The SMILES string of the molecule is O=C([C@@H]1C[C@H](Oc2cccnc2)CN1)N1CCOCC1. The highest BCUT2D eigenvalue weighted by molar-refractivity contribution is 5.82. The first-order chi connectivity index (χ1) is 9.83. The fourth-order valence-electron chi connectivity index (χ4n) is 2.59. The van der Waals surface area contributed by atoms with Crippen LogP contribution < -0.4 is 10.1 Å². The van der Waals surface area contributed by atoms with Crippen molar-refractivity contribution < 1.29 is 14.3 Å². The summed E-state index contributed by atoms with van der Waals surface area (Å²) in [5.41, 5.74) is 0. The number of morpholine rings is 1. The van der Waals surface area contributed by atoms with E-state index in [1.165, 1.54) is 0 Å². The van der Waals surface area contributed by atoms with Gasteiger partial charge in [0.2, 0.25) is 5.91 Å². The van der Waals surface area contributed by atoms with Crippen molar-refractivity contribution in [2.24, 2.45) is 0 Å². The molecule has 6 heteroatoms. The molecule has 1 aromatic rings. The third-order valence-corrected chi connectivity index (χ3v) is 3.65. The maximum absolute atomic E-state index is 12.3. The van der Waals surface area contributed by atoms with Crippen LogP contribution in [-0.4, -0.2) is 60.8 Å². The van der Waals surface area contributed by atoms with Crippen molar-refractivity contribution in [1.29, 1.82) is 0 Å². The standard InChI is InChI=1S/C14H19N3O3/c18-14(17-4-6-19-7-5-17)13-8-12(10-16-13)20-11-2-1-3-15-9-11/h1-3,9,12-13,16H,4-8,10H2/t12-,13-/m0/s1. The first kappa shape index (κ1) is 13.3. The van der Waals surface area contributed by atoms with Crippen LogP contribution >= 0.6 is 0 Å². The number of hydrogen-bond donors (Lipinski definition) is 1. The van der Waals surface area contributed by atoms with Gasteiger partial charge >= 0.3 is 0 Å². The second kappa shape index (κ2) is 6.19. The highest BCUT2D eigenvalue weighted by Gasteiger charge is 2.33. The Morgan fingerprint density at radius 2 is 2.30 bits per heavy atom. The topological polar surface area (TPSA) is 63.7 Å². The van der Waals surface area contributed by atoms with Crippen LogP contribution in [0.5, 0.6) is 5.75 Å². The molecule has 2 atom stereocenters. The molecule has 1 amide bonds. The third-order valence-electron chi connectivity index (χ3n) is 3.65. The third kappa shape index (κ3) is 3.08. The molecule has 6 nitrogen and oxygen atoms in total. The van der Waals surface area contributed by atoms with Crippen molar-refractivity contribution in [3.05, 3.63) is 24.5 Å². The highest BCUT2D eigenvalue weighted by atomic mass is 16.5. The van der Waals surface area contributed by atoms with Crippen LogP contribution in [0, 0.1) is 0 Å². The van der Waals surface area contributed by atoms with Crippen LogP contribution in [0.4, 0.5) is 0 Å². The van der Waals surface area contributed by atoms with Gasteiger partial charge in [0, 0.05) is 32.3 Å². The van der Waals surface area contributed by atoms with E-state index in [0.717, 1.165) is 5.75 Å². The number of amides is 1. The predicted octanol–water partition coefficient (Wildman–Crippen LogP) is 0.0497. The van der Waals surface area contributed by atoms with Crippen molar-refractivity contribution >= 4 is 5.91 Å². The van der Waals surface area contributed by atoms with E-state index < -0.39 is 0 Å². The smallest absolute Gasteiger partial charge is 0.240 e. The van der Waals surface area contributed by atoms with Crippen molar-refractivity contribution in [3.8, 4) is 5.75 Å². The number of aromatic nitrogens is 1. The van der Waals surface area contributed by atoms with Gasteiger partial charge in [0.05, 0.1) is 25.5 Å². The van der Waals surface area contributed by atoms with E-state index in [4.69, 9.17) is 9.47 Å². The van der Waals surface area contributed by atoms with E-state index in [1.54, 1.807) is 12.4 Å². The molecule has 2 fully saturated rings. The Balaban J connectivity index is 1.52. The van der Waals surface area contributed by atoms with E-state index in [0.29, 0.717) is 39.3 Å². The molecule has 2 saturated heterocycles. The first-order valence-electron chi connectivity index (χ1n) is 6.99. The molecule has 0 unspecified atom stereocenters.